The van der Waals surface area contributed by atoms with Crippen LogP contribution >= 0.6 is 0 Å². The third-order valence-corrected chi connectivity index (χ3v) is 4.29. The SMILES string of the molecule is NC(=NO)C1(NC(=O)N2CCCCCC2)CCCC1. The molecule has 6 heteroatoms. The maximum Gasteiger partial charge on any atom is 0.318 e. The zero-order valence-corrected chi connectivity index (χ0v) is 11.4. The van der Waals surface area contributed by atoms with Gasteiger partial charge in [0.05, 0.1) is 0 Å². The van der Waals surface area contributed by atoms with Crippen LogP contribution in [0.4, 0.5) is 4.79 Å². The summed E-state index contributed by atoms with van der Waals surface area (Å²) in [5, 5.41) is 15.1. The Labute approximate surface area is 114 Å². The molecule has 1 saturated carbocycles. The number of nitrogens with two attached hydrogens (primary N) is 1. The summed E-state index contributed by atoms with van der Waals surface area (Å²) < 4.78 is 0. The number of carbonyl (C=O) groups is 1. The Morgan fingerprint density at radius 3 is 2.21 bits per heavy atom. The van der Waals surface area contributed by atoms with E-state index in [1.54, 1.807) is 0 Å². The van der Waals surface area contributed by atoms with Crippen LogP contribution in [0.15, 0.2) is 5.16 Å². The second-order valence-corrected chi connectivity index (χ2v) is 5.61. The highest BCUT2D eigenvalue weighted by Gasteiger charge is 2.40. The first-order valence-corrected chi connectivity index (χ1v) is 7.23. The van der Waals surface area contributed by atoms with Gasteiger partial charge >= 0.3 is 6.03 Å². The quantitative estimate of drug-likeness (QED) is 0.308. The topological polar surface area (TPSA) is 91.0 Å². The Morgan fingerprint density at radius 2 is 1.68 bits per heavy atom. The molecule has 2 amide bonds. The smallest absolute Gasteiger partial charge is 0.318 e. The molecular formula is C13H24N4O2. The molecule has 4 N–H and O–H groups in total. The zero-order chi connectivity index (χ0) is 13.7. The molecule has 108 valence electrons. The van der Waals surface area contributed by atoms with Gasteiger partial charge in [0.1, 0.15) is 5.54 Å². The van der Waals surface area contributed by atoms with E-state index in [2.05, 4.69) is 10.5 Å². The van der Waals surface area contributed by atoms with Crippen molar-refractivity contribution in [2.75, 3.05) is 13.1 Å². The van der Waals surface area contributed by atoms with Crippen molar-refractivity contribution < 1.29 is 10.0 Å². The van der Waals surface area contributed by atoms with Crippen LogP contribution in [-0.2, 0) is 0 Å². The van der Waals surface area contributed by atoms with Crippen LogP contribution in [0.3, 0.4) is 0 Å². The molecule has 0 radical (unpaired) electrons. The molecule has 0 aromatic rings. The van der Waals surface area contributed by atoms with Crippen LogP contribution in [0.25, 0.3) is 0 Å². The maximum atomic E-state index is 12.4. The average Bonchev–Trinajstić information content (AvgIpc) is 2.73. The van der Waals surface area contributed by atoms with Crippen molar-refractivity contribution in [2.45, 2.75) is 56.9 Å². The largest absolute Gasteiger partial charge is 0.409 e. The van der Waals surface area contributed by atoms with Gasteiger partial charge in [0.15, 0.2) is 5.84 Å². The molecule has 2 fully saturated rings. The minimum atomic E-state index is -0.641. The van der Waals surface area contributed by atoms with E-state index in [0.29, 0.717) is 0 Å². The monoisotopic (exact) mass is 268 g/mol. The second-order valence-electron chi connectivity index (χ2n) is 5.61. The van der Waals surface area contributed by atoms with E-state index in [1.165, 1.54) is 12.8 Å². The van der Waals surface area contributed by atoms with Crippen LogP contribution in [0.5, 0.6) is 0 Å². The van der Waals surface area contributed by atoms with E-state index in [0.717, 1.165) is 51.6 Å². The molecule has 1 aliphatic carbocycles. The lowest BCUT2D eigenvalue weighted by molar-refractivity contribution is 0.191. The summed E-state index contributed by atoms with van der Waals surface area (Å²) >= 11 is 0. The van der Waals surface area contributed by atoms with E-state index in [-0.39, 0.29) is 11.9 Å². The average molecular weight is 268 g/mol. The summed E-state index contributed by atoms with van der Waals surface area (Å²) in [6.45, 7) is 1.61. The lowest BCUT2D eigenvalue weighted by atomic mass is 9.96. The van der Waals surface area contributed by atoms with Crippen LogP contribution in [0.1, 0.15) is 51.4 Å². The summed E-state index contributed by atoms with van der Waals surface area (Å²) in [6.07, 6.45) is 8.00. The van der Waals surface area contributed by atoms with Gasteiger partial charge in [0.2, 0.25) is 0 Å². The number of hydrogen-bond acceptors (Lipinski definition) is 3. The highest BCUT2D eigenvalue weighted by atomic mass is 16.4. The number of rotatable bonds is 2. The first-order valence-electron chi connectivity index (χ1n) is 7.23. The lowest BCUT2D eigenvalue weighted by Gasteiger charge is -2.32. The number of nitrogens with zero attached hydrogens (tertiary/aromatic N) is 2. The fraction of sp³-hybridized carbons (Fsp3) is 0.846. The standard InChI is InChI=1S/C13H24N4O2/c14-11(16-19)13(7-3-4-8-13)15-12(18)17-9-5-1-2-6-10-17/h19H,1-10H2,(H2,14,16)(H,15,18). The van der Waals surface area contributed by atoms with Crippen LogP contribution in [0.2, 0.25) is 0 Å². The van der Waals surface area contributed by atoms with Gasteiger partial charge in [-0.2, -0.15) is 0 Å². The van der Waals surface area contributed by atoms with Crippen molar-refractivity contribution in [3.8, 4) is 0 Å². The van der Waals surface area contributed by atoms with Gasteiger partial charge in [-0.25, -0.2) is 4.79 Å². The Morgan fingerprint density at radius 1 is 1.11 bits per heavy atom. The minimum absolute atomic E-state index is 0.0737. The molecule has 0 aromatic carbocycles. The summed E-state index contributed by atoms with van der Waals surface area (Å²) in [6, 6.07) is -0.0737. The fourth-order valence-electron chi connectivity index (χ4n) is 3.08. The van der Waals surface area contributed by atoms with Crippen LogP contribution in [0, 0.1) is 0 Å². The summed E-state index contributed by atoms with van der Waals surface area (Å²) in [4.78, 5) is 14.2. The third kappa shape index (κ3) is 3.11. The predicted molar refractivity (Wildman–Crippen MR) is 73.2 cm³/mol. The molecule has 1 aliphatic heterocycles. The molecule has 2 aliphatic rings. The fourth-order valence-corrected chi connectivity index (χ4v) is 3.08. The molecule has 0 aromatic heterocycles. The first kappa shape index (κ1) is 14.0. The van der Waals surface area contributed by atoms with Crippen molar-refractivity contribution in [3.05, 3.63) is 0 Å². The van der Waals surface area contributed by atoms with Gasteiger partial charge < -0.3 is 21.2 Å². The van der Waals surface area contributed by atoms with Crippen molar-refractivity contribution in [3.63, 3.8) is 0 Å². The van der Waals surface area contributed by atoms with Gasteiger partial charge in [0.25, 0.3) is 0 Å². The molecule has 6 nitrogen and oxygen atoms in total. The predicted octanol–water partition coefficient (Wildman–Crippen LogP) is 1.63. The van der Waals surface area contributed by atoms with Crippen molar-refractivity contribution in [2.24, 2.45) is 10.9 Å². The van der Waals surface area contributed by atoms with E-state index < -0.39 is 5.54 Å². The van der Waals surface area contributed by atoms with E-state index in [4.69, 9.17) is 10.9 Å². The summed E-state index contributed by atoms with van der Waals surface area (Å²) in [7, 11) is 0. The Bertz CT molecular complexity index is 343. The number of oxime groups is 1. The molecule has 0 spiro atoms. The number of urea groups is 1. The maximum absolute atomic E-state index is 12.4. The second kappa shape index (κ2) is 6.12. The number of carbonyl (C=O) groups excluding carboxylic acids is 1. The van der Waals surface area contributed by atoms with E-state index >= 15 is 0 Å². The van der Waals surface area contributed by atoms with Gasteiger partial charge in [-0.15, -0.1) is 0 Å². The number of amides is 2. The van der Waals surface area contributed by atoms with E-state index in [9.17, 15) is 4.79 Å². The van der Waals surface area contributed by atoms with Crippen molar-refractivity contribution in [1.82, 2.24) is 10.2 Å². The highest BCUT2D eigenvalue weighted by molar-refractivity contribution is 5.93. The van der Waals surface area contributed by atoms with Crippen LogP contribution < -0.4 is 11.1 Å². The molecule has 19 heavy (non-hydrogen) atoms. The zero-order valence-electron chi connectivity index (χ0n) is 11.4. The number of amidine groups is 1. The molecule has 1 saturated heterocycles. The van der Waals surface area contributed by atoms with Crippen molar-refractivity contribution >= 4 is 11.9 Å². The molecule has 0 atom stereocenters. The highest BCUT2D eigenvalue weighted by Crippen LogP contribution is 2.30. The number of nitrogens with one attached hydrogen (secondary N) is 1. The lowest BCUT2D eigenvalue weighted by Crippen LogP contribution is -2.58. The molecule has 1 heterocycles. The Balaban J connectivity index is 2.02. The van der Waals surface area contributed by atoms with Gasteiger partial charge in [-0.05, 0) is 25.7 Å². The van der Waals surface area contributed by atoms with Gasteiger partial charge in [-0.3, -0.25) is 0 Å². The minimum Gasteiger partial charge on any atom is -0.409 e. The summed E-state index contributed by atoms with van der Waals surface area (Å²) in [5.41, 5.74) is 5.15. The Kier molecular flexibility index (Phi) is 4.50. The molecule has 0 unspecified atom stereocenters. The first-order chi connectivity index (χ1) is 9.18. The van der Waals surface area contributed by atoms with Crippen molar-refractivity contribution in [1.29, 1.82) is 0 Å². The molecular weight excluding hydrogens is 244 g/mol. The normalized spacial score (nSPS) is 24.0. The molecule has 0 bridgehead atoms. The Hall–Kier alpha value is -1.46. The number of hydrogen-bond donors (Lipinski definition) is 3. The summed E-state index contributed by atoms with van der Waals surface area (Å²) in [5.74, 6) is 0.133. The van der Waals surface area contributed by atoms with Crippen LogP contribution in [-0.4, -0.2) is 40.6 Å². The third-order valence-electron chi connectivity index (χ3n) is 4.29. The number of likely N-dealkylation sites (tertiary alicyclic amines) is 1. The van der Waals surface area contributed by atoms with Gasteiger partial charge in [-0.1, -0.05) is 30.8 Å². The molecule has 2 rings (SSSR count). The van der Waals surface area contributed by atoms with E-state index in [1.807, 2.05) is 4.90 Å². The van der Waals surface area contributed by atoms with Gasteiger partial charge in [0, 0.05) is 13.1 Å².